The predicted molar refractivity (Wildman–Crippen MR) is 141 cm³/mol. The number of nitrogens with zero attached hydrogens (tertiary/aromatic N) is 4. The van der Waals surface area contributed by atoms with Gasteiger partial charge in [-0.2, -0.15) is 4.68 Å². The zero-order valence-corrected chi connectivity index (χ0v) is 22.3. The Morgan fingerprint density at radius 2 is 1.73 bits per heavy atom. The Bertz CT molecular complexity index is 1450. The molecule has 3 aromatic rings. The van der Waals surface area contributed by atoms with Gasteiger partial charge in [0.1, 0.15) is 5.75 Å². The molecule has 1 aromatic heterocycles. The van der Waals surface area contributed by atoms with Gasteiger partial charge in [-0.25, -0.2) is 19.1 Å². The molecule has 2 N–H and O–H groups in total. The average molecular weight is 550 g/mol. The fraction of sp³-hybridized carbons (Fsp3) is 0.400. The van der Waals surface area contributed by atoms with Gasteiger partial charge >= 0.3 is 11.4 Å². The minimum atomic E-state index is -0.717. The van der Waals surface area contributed by atoms with E-state index in [9.17, 15) is 9.59 Å². The summed E-state index contributed by atoms with van der Waals surface area (Å²) >= 11 is 12.4. The molecule has 198 valence electrons. The van der Waals surface area contributed by atoms with Crippen LogP contribution in [0.15, 0.2) is 57.0 Å². The van der Waals surface area contributed by atoms with E-state index in [1.165, 1.54) is 4.57 Å². The molecule has 37 heavy (non-hydrogen) atoms. The van der Waals surface area contributed by atoms with Crippen LogP contribution < -0.4 is 27.6 Å². The maximum atomic E-state index is 13.7. The van der Waals surface area contributed by atoms with Crippen LogP contribution >= 0.6 is 23.2 Å². The summed E-state index contributed by atoms with van der Waals surface area (Å²) in [6.07, 6.45) is 0. The van der Waals surface area contributed by atoms with Crippen molar-refractivity contribution in [3.8, 4) is 5.75 Å². The van der Waals surface area contributed by atoms with Crippen molar-refractivity contribution in [2.45, 2.75) is 39.6 Å². The molecule has 0 radical (unpaired) electrons. The molecule has 2 aromatic carbocycles. The van der Waals surface area contributed by atoms with Gasteiger partial charge in [0.25, 0.3) is 0 Å². The highest BCUT2D eigenvalue weighted by Gasteiger charge is 2.29. The fourth-order valence-corrected chi connectivity index (χ4v) is 4.23. The fourth-order valence-electron chi connectivity index (χ4n) is 3.88. The van der Waals surface area contributed by atoms with E-state index in [-0.39, 0.29) is 24.6 Å². The van der Waals surface area contributed by atoms with Crippen LogP contribution in [-0.4, -0.2) is 39.4 Å². The average Bonchev–Trinajstić information content (AvgIpc) is 2.86. The van der Waals surface area contributed by atoms with E-state index in [4.69, 9.17) is 43.3 Å². The smallest absolute Gasteiger partial charge is 0.353 e. The highest BCUT2D eigenvalue weighted by atomic mass is 35.5. The summed E-state index contributed by atoms with van der Waals surface area (Å²) in [7, 11) is 0. The first-order valence-electron chi connectivity index (χ1n) is 11.8. The number of nitrogens with two attached hydrogens (primary N) is 1. The monoisotopic (exact) mass is 549 g/mol. The number of rotatable bonds is 7. The van der Waals surface area contributed by atoms with E-state index in [1.54, 1.807) is 42.5 Å². The largest absolute Gasteiger partial charge is 0.492 e. The van der Waals surface area contributed by atoms with Crippen LogP contribution in [0, 0.1) is 5.92 Å². The van der Waals surface area contributed by atoms with Gasteiger partial charge in [-0.15, -0.1) is 0 Å². The van der Waals surface area contributed by atoms with Crippen molar-refractivity contribution >= 4 is 28.9 Å². The van der Waals surface area contributed by atoms with Gasteiger partial charge in [0.15, 0.2) is 5.79 Å². The Morgan fingerprint density at radius 1 is 1.05 bits per heavy atom. The van der Waals surface area contributed by atoms with Crippen LogP contribution in [0.1, 0.15) is 26.3 Å². The summed E-state index contributed by atoms with van der Waals surface area (Å²) in [6, 6.07) is 11.9. The van der Waals surface area contributed by atoms with Crippen LogP contribution in [0.2, 0.25) is 10.0 Å². The molecular weight excluding hydrogens is 521 g/mol. The molecule has 1 aliphatic rings. The first kappa shape index (κ1) is 27.0. The number of benzene rings is 2. The number of hydrogen-bond donors (Lipinski definition) is 1. The minimum Gasteiger partial charge on any atom is -0.492 e. The van der Waals surface area contributed by atoms with E-state index in [1.807, 2.05) is 20.8 Å². The Balaban J connectivity index is 1.82. The molecule has 0 unspecified atom stereocenters. The number of nitrogen functional groups attached to an aromatic ring is 1. The van der Waals surface area contributed by atoms with E-state index >= 15 is 0 Å². The van der Waals surface area contributed by atoms with Crippen molar-refractivity contribution in [2.75, 3.05) is 25.7 Å². The standard InChI is InChI=1S/C25H29Cl2N5O5/c1-4-35-21-10-9-19(11-20(21)27)29-22-30(12-16-5-7-18(26)8-6-16)23(33)31(24(34)32(22)28)13-17-14-36-25(2,3)37-15-17/h5-11,17H,4,12-15,28H2,1-3H3. The van der Waals surface area contributed by atoms with E-state index in [0.29, 0.717) is 41.3 Å². The summed E-state index contributed by atoms with van der Waals surface area (Å²) in [4.78, 5) is 31.4. The molecule has 0 bridgehead atoms. The molecule has 1 saturated heterocycles. The number of hydrogen-bond acceptors (Lipinski definition) is 7. The summed E-state index contributed by atoms with van der Waals surface area (Å²) in [5, 5.41) is 0.899. The Labute approximate surface area is 223 Å². The van der Waals surface area contributed by atoms with E-state index in [2.05, 4.69) is 4.99 Å². The Kier molecular flexibility index (Phi) is 8.13. The van der Waals surface area contributed by atoms with Gasteiger partial charge in [0, 0.05) is 17.5 Å². The molecule has 1 fully saturated rings. The highest BCUT2D eigenvalue weighted by Crippen LogP contribution is 2.28. The quantitative estimate of drug-likeness (QED) is 0.453. The lowest BCUT2D eigenvalue weighted by Crippen LogP contribution is -2.58. The van der Waals surface area contributed by atoms with E-state index in [0.717, 1.165) is 14.8 Å². The van der Waals surface area contributed by atoms with Crippen LogP contribution in [-0.2, 0) is 22.6 Å². The molecule has 0 atom stereocenters. The molecule has 2 heterocycles. The van der Waals surface area contributed by atoms with Crippen LogP contribution in [0.3, 0.4) is 0 Å². The minimum absolute atomic E-state index is 0.0429. The van der Waals surface area contributed by atoms with Crippen molar-refractivity contribution < 1.29 is 14.2 Å². The molecule has 1 aliphatic heterocycles. The number of aromatic nitrogens is 3. The SMILES string of the molecule is CCOc1ccc(N=c2n(N)c(=O)n(CC3COC(C)(C)OC3)c(=O)n2Cc2ccc(Cl)cc2)cc1Cl. The van der Waals surface area contributed by atoms with Gasteiger partial charge in [0.05, 0.1) is 37.1 Å². The predicted octanol–water partition coefficient (Wildman–Crippen LogP) is 2.91. The van der Waals surface area contributed by atoms with Crippen molar-refractivity contribution in [1.29, 1.82) is 0 Å². The Hall–Kier alpha value is -3.05. The van der Waals surface area contributed by atoms with Gasteiger partial charge in [-0.3, -0.25) is 4.57 Å². The van der Waals surface area contributed by atoms with Gasteiger partial charge in [-0.05, 0) is 56.7 Å². The Morgan fingerprint density at radius 3 is 2.35 bits per heavy atom. The molecule has 12 heteroatoms. The summed E-state index contributed by atoms with van der Waals surface area (Å²) in [5.74, 6) is 5.80. The maximum Gasteiger partial charge on any atom is 0.353 e. The maximum absolute atomic E-state index is 13.7. The van der Waals surface area contributed by atoms with Gasteiger partial charge < -0.3 is 20.1 Å². The topological polar surface area (TPSA) is 115 Å². The molecule has 0 spiro atoms. The normalized spacial score (nSPS) is 16.2. The number of ether oxygens (including phenoxy) is 3. The molecule has 0 amide bonds. The van der Waals surface area contributed by atoms with Crippen molar-refractivity contribution in [3.05, 3.63) is 84.7 Å². The third-order valence-electron chi connectivity index (χ3n) is 5.83. The highest BCUT2D eigenvalue weighted by molar-refractivity contribution is 6.32. The lowest BCUT2D eigenvalue weighted by atomic mass is 10.1. The molecule has 10 nitrogen and oxygen atoms in total. The van der Waals surface area contributed by atoms with Crippen molar-refractivity contribution in [3.63, 3.8) is 0 Å². The summed E-state index contributed by atoms with van der Waals surface area (Å²) in [6.45, 7) is 6.75. The van der Waals surface area contributed by atoms with Crippen LogP contribution in [0.5, 0.6) is 5.75 Å². The summed E-state index contributed by atoms with van der Waals surface area (Å²) in [5.41, 5.74) is -0.159. The van der Waals surface area contributed by atoms with Crippen molar-refractivity contribution in [2.24, 2.45) is 10.9 Å². The second-order valence-electron chi connectivity index (χ2n) is 9.11. The third kappa shape index (κ3) is 6.27. The third-order valence-corrected chi connectivity index (χ3v) is 6.38. The van der Waals surface area contributed by atoms with Crippen molar-refractivity contribution in [1.82, 2.24) is 13.8 Å². The van der Waals surface area contributed by atoms with Gasteiger partial charge in [0.2, 0.25) is 5.62 Å². The lowest BCUT2D eigenvalue weighted by Gasteiger charge is -2.35. The molecule has 4 rings (SSSR count). The second kappa shape index (κ2) is 11.1. The van der Waals surface area contributed by atoms with Crippen LogP contribution in [0.4, 0.5) is 5.69 Å². The zero-order chi connectivity index (χ0) is 26.7. The molecular formula is C25H29Cl2N5O5. The molecule has 0 aliphatic carbocycles. The van der Waals surface area contributed by atoms with Gasteiger partial charge in [-0.1, -0.05) is 35.3 Å². The van der Waals surface area contributed by atoms with Crippen LogP contribution in [0.25, 0.3) is 0 Å². The second-order valence-corrected chi connectivity index (χ2v) is 9.95. The van der Waals surface area contributed by atoms with E-state index < -0.39 is 17.2 Å². The zero-order valence-electron chi connectivity index (χ0n) is 20.8. The molecule has 0 saturated carbocycles. The number of halogens is 2. The first-order valence-corrected chi connectivity index (χ1v) is 12.5. The summed E-state index contributed by atoms with van der Waals surface area (Å²) < 4.78 is 20.1. The lowest BCUT2D eigenvalue weighted by molar-refractivity contribution is -0.263. The first-order chi connectivity index (χ1) is 17.6.